The van der Waals surface area contributed by atoms with Crippen molar-refractivity contribution in [3.8, 4) is 0 Å². The Morgan fingerprint density at radius 3 is 2.60 bits per heavy atom. The van der Waals surface area contributed by atoms with E-state index in [1.807, 2.05) is 6.92 Å². The SMILES string of the molecule is CC1CCN(C(=O)CN2C(=O)NC(C)(C)C2=O)C1CO. The predicted molar refractivity (Wildman–Crippen MR) is 70.7 cm³/mol. The van der Waals surface area contributed by atoms with Crippen LogP contribution in [0, 0.1) is 5.92 Å². The molecule has 2 atom stereocenters. The van der Waals surface area contributed by atoms with Crippen molar-refractivity contribution in [1.82, 2.24) is 15.1 Å². The summed E-state index contributed by atoms with van der Waals surface area (Å²) in [5, 5.41) is 11.9. The third-order valence-electron chi connectivity index (χ3n) is 4.13. The number of imide groups is 1. The average molecular weight is 283 g/mol. The molecule has 2 aliphatic rings. The summed E-state index contributed by atoms with van der Waals surface area (Å²) < 4.78 is 0. The van der Waals surface area contributed by atoms with E-state index in [-0.39, 0.29) is 31.0 Å². The molecule has 2 fully saturated rings. The molecular formula is C13H21N3O4. The lowest BCUT2D eigenvalue weighted by atomic mass is 10.0. The van der Waals surface area contributed by atoms with Crippen LogP contribution in [0.2, 0.25) is 0 Å². The van der Waals surface area contributed by atoms with Crippen molar-refractivity contribution in [3.05, 3.63) is 0 Å². The second-order valence-electron chi connectivity index (χ2n) is 6.05. The number of rotatable bonds is 3. The smallest absolute Gasteiger partial charge is 0.325 e. The zero-order chi connectivity index (χ0) is 15.1. The third-order valence-corrected chi connectivity index (χ3v) is 4.13. The van der Waals surface area contributed by atoms with Crippen molar-refractivity contribution < 1.29 is 19.5 Å². The number of aliphatic hydroxyl groups is 1. The van der Waals surface area contributed by atoms with E-state index < -0.39 is 17.5 Å². The summed E-state index contributed by atoms with van der Waals surface area (Å²) in [6, 6.07) is -0.766. The zero-order valence-electron chi connectivity index (χ0n) is 12.0. The van der Waals surface area contributed by atoms with Gasteiger partial charge in [-0.3, -0.25) is 14.5 Å². The molecule has 20 heavy (non-hydrogen) atoms. The van der Waals surface area contributed by atoms with Gasteiger partial charge in [0.1, 0.15) is 12.1 Å². The summed E-state index contributed by atoms with van der Waals surface area (Å²) in [5.74, 6) is -0.471. The van der Waals surface area contributed by atoms with Gasteiger partial charge in [0.2, 0.25) is 5.91 Å². The molecule has 0 aromatic heterocycles. The Bertz CT molecular complexity index is 449. The average Bonchev–Trinajstić information content (AvgIpc) is 2.82. The topological polar surface area (TPSA) is 90.0 Å². The van der Waals surface area contributed by atoms with Crippen LogP contribution in [-0.4, -0.2) is 64.0 Å². The Balaban J connectivity index is 2.05. The van der Waals surface area contributed by atoms with E-state index in [0.717, 1.165) is 11.3 Å². The highest BCUT2D eigenvalue weighted by molar-refractivity contribution is 6.08. The molecule has 2 unspecified atom stereocenters. The quantitative estimate of drug-likeness (QED) is 0.686. The lowest BCUT2D eigenvalue weighted by Gasteiger charge is -2.26. The van der Waals surface area contributed by atoms with Gasteiger partial charge in [0.05, 0.1) is 12.6 Å². The van der Waals surface area contributed by atoms with Gasteiger partial charge in [-0.2, -0.15) is 0 Å². The minimum atomic E-state index is -0.966. The fourth-order valence-corrected chi connectivity index (χ4v) is 2.78. The largest absolute Gasteiger partial charge is 0.394 e. The van der Waals surface area contributed by atoms with Gasteiger partial charge in [-0.15, -0.1) is 0 Å². The summed E-state index contributed by atoms with van der Waals surface area (Å²) in [7, 11) is 0. The number of aliphatic hydroxyl groups excluding tert-OH is 1. The molecule has 4 amide bonds. The van der Waals surface area contributed by atoms with Crippen molar-refractivity contribution in [2.75, 3.05) is 19.7 Å². The minimum absolute atomic E-state index is 0.0987. The molecule has 0 spiro atoms. The highest BCUT2D eigenvalue weighted by Crippen LogP contribution is 2.24. The van der Waals surface area contributed by atoms with E-state index >= 15 is 0 Å². The summed E-state index contributed by atoms with van der Waals surface area (Å²) in [5.41, 5.74) is -0.966. The number of nitrogens with zero attached hydrogens (tertiary/aromatic N) is 2. The van der Waals surface area contributed by atoms with Crippen molar-refractivity contribution in [2.45, 2.75) is 38.8 Å². The molecule has 0 bridgehead atoms. The lowest BCUT2D eigenvalue weighted by Crippen LogP contribution is -2.47. The summed E-state index contributed by atoms with van der Waals surface area (Å²) in [6.07, 6.45) is 0.822. The zero-order valence-corrected chi connectivity index (χ0v) is 12.0. The van der Waals surface area contributed by atoms with Gasteiger partial charge in [-0.05, 0) is 26.2 Å². The van der Waals surface area contributed by atoms with Gasteiger partial charge in [0.15, 0.2) is 0 Å². The summed E-state index contributed by atoms with van der Waals surface area (Å²) in [6.45, 7) is 5.37. The highest BCUT2D eigenvalue weighted by Gasteiger charge is 2.46. The molecule has 2 N–H and O–H groups in total. The molecule has 0 aromatic rings. The molecule has 2 rings (SSSR count). The number of carbonyl (C=O) groups is 3. The monoisotopic (exact) mass is 283 g/mol. The number of carbonyl (C=O) groups excluding carboxylic acids is 3. The van der Waals surface area contributed by atoms with Gasteiger partial charge in [-0.25, -0.2) is 4.79 Å². The van der Waals surface area contributed by atoms with E-state index in [2.05, 4.69) is 5.32 Å². The fourth-order valence-electron chi connectivity index (χ4n) is 2.78. The van der Waals surface area contributed by atoms with Gasteiger partial charge in [0.25, 0.3) is 5.91 Å². The van der Waals surface area contributed by atoms with Gasteiger partial charge in [0, 0.05) is 6.54 Å². The first kappa shape index (κ1) is 14.8. The Labute approximate surface area is 117 Å². The van der Waals surface area contributed by atoms with Crippen molar-refractivity contribution in [2.24, 2.45) is 5.92 Å². The van der Waals surface area contributed by atoms with Crippen LogP contribution >= 0.6 is 0 Å². The van der Waals surface area contributed by atoms with Crippen molar-refractivity contribution in [1.29, 1.82) is 0 Å². The number of nitrogens with one attached hydrogen (secondary N) is 1. The molecule has 7 heteroatoms. The van der Waals surface area contributed by atoms with Crippen LogP contribution < -0.4 is 5.32 Å². The van der Waals surface area contributed by atoms with Gasteiger partial charge in [-0.1, -0.05) is 6.92 Å². The Kier molecular flexibility index (Phi) is 3.73. The molecular weight excluding hydrogens is 262 g/mol. The predicted octanol–water partition coefficient (Wildman–Crippen LogP) is -0.454. The second-order valence-corrected chi connectivity index (χ2v) is 6.05. The summed E-state index contributed by atoms with van der Waals surface area (Å²) in [4.78, 5) is 38.5. The minimum Gasteiger partial charge on any atom is -0.394 e. The van der Waals surface area contributed by atoms with E-state index in [0.29, 0.717) is 6.54 Å². The first-order chi connectivity index (χ1) is 9.27. The van der Waals surface area contributed by atoms with E-state index in [1.54, 1.807) is 18.7 Å². The number of amides is 4. The van der Waals surface area contributed by atoms with E-state index in [4.69, 9.17) is 0 Å². The number of hydrogen-bond acceptors (Lipinski definition) is 4. The molecule has 0 aliphatic carbocycles. The maximum Gasteiger partial charge on any atom is 0.325 e. The van der Waals surface area contributed by atoms with E-state index in [9.17, 15) is 19.5 Å². The maximum absolute atomic E-state index is 12.3. The van der Waals surface area contributed by atoms with Crippen LogP contribution in [0.5, 0.6) is 0 Å². The third kappa shape index (κ3) is 2.37. The highest BCUT2D eigenvalue weighted by atomic mass is 16.3. The molecule has 0 aromatic carbocycles. The van der Waals surface area contributed by atoms with Crippen LogP contribution in [0.15, 0.2) is 0 Å². The Morgan fingerprint density at radius 1 is 1.45 bits per heavy atom. The maximum atomic E-state index is 12.3. The molecule has 7 nitrogen and oxygen atoms in total. The normalized spacial score (nSPS) is 29.0. The van der Waals surface area contributed by atoms with Gasteiger partial charge >= 0.3 is 6.03 Å². The van der Waals surface area contributed by atoms with Crippen LogP contribution in [0.1, 0.15) is 27.2 Å². The van der Waals surface area contributed by atoms with Crippen LogP contribution in [-0.2, 0) is 9.59 Å². The first-order valence-electron chi connectivity index (χ1n) is 6.82. The van der Waals surface area contributed by atoms with Crippen LogP contribution in [0.3, 0.4) is 0 Å². The molecule has 2 heterocycles. The first-order valence-corrected chi connectivity index (χ1v) is 6.82. The molecule has 2 saturated heterocycles. The second kappa shape index (κ2) is 5.05. The molecule has 0 radical (unpaired) electrons. The lowest BCUT2D eigenvalue weighted by molar-refractivity contribution is -0.139. The molecule has 0 saturated carbocycles. The van der Waals surface area contributed by atoms with Crippen molar-refractivity contribution in [3.63, 3.8) is 0 Å². The molecule has 2 aliphatic heterocycles. The van der Waals surface area contributed by atoms with E-state index in [1.165, 1.54) is 0 Å². The van der Waals surface area contributed by atoms with Crippen LogP contribution in [0.25, 0.3) is 0 Å². The Morgan fingerprint density at radius 2 is 2.10 bits per heavy atom. The summed E-state index contributed by atoms with van der Waals surface area (Å²) >= 11 is 0. The standard InChI is InChI=1S/C13H21N3O4/c1-8-4-5-15(9(8)7-17)10(18)6-16-11(19)13(2,3)14-12(16)20/h8-9,17H,4-7H2,1-3H3,(H,14,20). The molecule has 112 valence electrons. The fraction of sp³-hybridized carbons (Fsp3) is 0.769. The number of likely N-dealkylation sites (tertiary alicyclic amines) is 1. The number of hydrogen-bond donors (Lipinski definition) is 2. The van der Waals surface area contributed by atoms with Crippen LogP contribution in [0.4, 0.5) is 4.79 Å². The Hall–Kier alpha value is -1.63. The number of urea groups is 1. The van der Waals surface area contributed by atoms with Gasteiger partial charge < -0.3 is 15.3 Å². The van der Waals surface area contributed by atoms with Crippen molar-refractivity contribution >= 4 is 17.8 Å².